The van der Waals surface area contributed by atoms with Gasteiger partial charge in [-0.25, -0.2) is 0 Å². The van der Waals surface area contributed by atoms with Crippen LogP contribution >= 0.6 is 28.1 Å². The molecular formula is C15H15BrN2OS. The van der Waals surface area contributed by atoms with Gasteiger partial charge in [-0.15, -0.1) is 0 Å². The van der Waals surface area contributed by atoms with Gasteiger partial charge in [0.1, 0.15) is 4.99 Å². The van der Waals surface area contributed by atoms with Crippen molar-refractivity contribution in [2.75, 3.05) is 12.4 Å². The van der Waals surface area contributed by atoms with Gasteiger partial charge in [0.15, 0.2) is 0 Å². The van der Waals surface area contributed by atoms with Crippen molar-refractivity contribution in [2.45, 2.75) is 6.61 Å². The minimum atomic E-state index is 0.351. The lowest BCUT2D eigenvalue weighted by Crippen LogP contribution is -2.13. The number of halogens is 1. The lowest BCUT2D eigenvalue weighted by atomic mass is 10.1. The van der Waals surface area contributed by atoms with Crippen LogP contribution in [0.2, 0.25) is 0 Å². The molecule has 0 unspecified atom stereocenters. The van der Waals surface area contributed by atoms with Gasteiger partial charge in [0, 0.05) is 34.1 Å². The van der Waals surface area contributed by atoms with Crippen molar-refractivity contribution in [3.8, 4) is 0 Å². The Kier molecular flexibility index (Phi) is 5.11. The number of anilines is 2. The highest BCUT2D eigenvalue weighted by atomic mass is 79.9. The SMILES string of the molecule is COCc1ccccc1Nc1cccc(Br)c1C(N)=S. The summed E-state index contributed by atoms with van der Waals surface area (Å²) in [6.45, 7) is 0.541. The monoisotopic (exact) mass is 350 g/mol. The molecule has 0 radical (unpaired) electrons. The number of thiocarbonyl (C=S) groups is 1. The molecule has 2 aromatic rings. The fraction of sp³-hybridized carbons (Fsp3) is 0.133. The van der Waals surface area contributed by atoms with E-state index in [1.54, 1.807) is 7.11 Å². The molecule has 20 heavy (non-hydrogen) atoms. The summed E-state index contributed by atoms with van der Waals surface area (Å²) in [5.41, 5.74) is 9.52. The number of nitrogens with two attached hydrogens (primary N) is 1. The van der Waals surface area contributed by atoms with Gasteiger partial charge in [0.2, 0.25) is 0 Å². The summed E-state index contributed by atoms with van der Waals surface area (Å²) < 4.78 is 6.08. The highest BCUT2D eigenvalue weighted by Crippen LogP contribution is 2.29. The zero-order valence-corrected chi connectivity index (χ0v) is 13.4. The standard InChI is InChI=1S/C15H15BrN2OS/c1-19-9-10-5-2-3-7-12(10)18-13-8-4-6-11(16)14(13)15(17)20/h2-8,18H,9H2,1H3,(H2,17,20). The molecular weight excluding hydrogens is 336 g/mol. The van der Waals surface area contributed by atoms with Gasteiger partial charge in [0.05, 0.1) is 6.61 Å². The van der Waals surface area contributed by atoms with Crippen LogP contribution in [0.5, 0.6) is 0 Å². The van der Waals surface area contributed by atoms with Crippen molar-refractivity contribution < 1.29 is 4.74 Å². The molecule has 0 fully saturated rings. The van der Waals surface area contributed by atoms with Crippen LogP contribution < -0.4 is 11.1 Å². The van der Waals surface area contributed by atoms with E-state index in [0.29, 0.717) is 11.6 Å². The van der Waals surface area contributed by atoms with Crippen LogP contribution in [0.4, 0.5) is 11.4 Å². The van der Waals surface area contributed by atoms with E-state index in [9.17, 15) is 0 Å². The van der Waals surface area contributed by atoms with E-state index in [2.05, 4.69) is 21.2 Å². The topological polar surface area (TPSA) is 47.3 Å². The van der Waals surface area contributed by atoms with Gasteiger partial charge in [-0.05, 0) is 34.1 Å². The minimum Gasteiger partial charge on any atom is -0.389 e. The molecule has 0 saturated heterocycles. The highest BCUT2D eigenvalue weighted by molar-refractivity contribution is 9.10. The molecule has 0 bridgehead atoms. The number of para-hydroxylation sites is 1. The van der Waals surface area contributed by atoms with Crippen LogP contribution in [-0.4, -0.2) is 12.1 Å². The third-order valence-electron chi connectivity index (χ3n) is 2.85. The average Bonchev–Trinajstić information content (AvgIpc) is 2.41. The lowest BCUT2D eigenvalue weighted by molar-refractivity contribution is 0.185. The third kappa shape index (κ3) is 3.36. The van der Waals surface area contributed by atoms with Crippen molar-refractivity contribution in [1.29, 1.82) is 0 Å². The van der Waals surface area contributed by atoms with Gasteiger partial charge in [0.25, 0.3) is 0 Å². The molecule has 5 heteroatoms. The van der Waals surface area contributed by atoms with E-state index in [1.165, 1.54) is 0 Å². The lowest BCUT2D eigenvalue weighted by Gasteiger charge is -2.15. The second kappa shape index (κ2) is 6.83. The molecule has 0 aromatic heterocycles. The van der Waals surface area contributed by atoms with Crippen LogP contribution in [0.1, 0.15) is 11.1 Å². The van der Waals surface area contributed by atoms with Crippen molar-refractivity contribution >= 4 is 44.5 Å². The summed E-state index contributed by atoms with van der Waals surface area (Å²) in [4.78, 5) is 0.351. The van der Waals surface area contributed by atoms with E-state index in [0.717, 1.165) is 27.0 Å². The van der Waals surface area contributed by atoms with E-state index in [-0.39, 0.29) is 0 Å². The zero-order valence-electron chi connectivity index (χ0n) is 11.0. The van der Waals surface area contributed by atoms with Crippen molar-refractivity contribution in [1.82, 2.24) is 0 Å². The highest BCUT2D eigenvalue weighted by Gasteiger charge is 2.10. The maximum absolute atomic E-state index is 5.80. The van der Waals surface area contributed by atoms with Gasteiger partial charge < -0.3 is 15.8 Å². The molecule has 0 saturated carbocycles. The molecule has 0 amide bonds. The zero-order chi connectivity index (χ0) is 14.5. The summed E-state index contributed by atoms with van der Waals surface area (Å²) in [7, 11) is 1.68. The van der Waals surface area contributed by atoms with Crippen LogP contribution in [0.3, 0.4) is 0 Å². The van der Waals surface area contributed by atoms with Crippen molar-refractivity contribution in [2.24, 2.45) is 5.73 Å². The van der Waals surface area contributed by atoms with E-state index < -0.39 is 0 Å². The predicted molar refractivity (Wildman–Crippen MR) is 90.5 cm³/mol. The Hall–Kier alpha value is -1.43. The Morgan fingerprint density at radius 2 is 1.90 bits per heavy atom. The van der Waals surface area contributed by atoms with E-state index in [4.69, 9.17) is 22.7 Å². The number of ether oxygens (including phenoxy) is 1. The Balaban J connectivity index is 2.40. The Morgan fingerprint density at radius 1 is 1.20 bits per heavy atom. The molecule has 0 aliphatic rings. The second-order valence-corrected chi connectivity index (χ2v) is 5.54. The molecule has 0 atom stereocenters. The maximum atomic E-state index is 5.80. The van der Waals surface area contributed by atoms with Crippen LogP contribution in [-0.2, 0) is 11.3 Å². The van der Waals surface area contributed by atoms with E-state index >= 15 is 0 Å². The number of hydrogen-bond acceptors (Lipinski definition) is 3. The number of rotatable bonds is 5. The first-order valence-electron chi connectivity index (χ1n) is 6.05. The van der Waals surface area contributed by atoms with Crippen molar-refractivity contribution in [3.63, 3.8) is 0 Å². The summed E-state index contributed by atoms with van der Waals surface area (Å²) in [5, 5.41) is 3.37. The largest absolute Gasteiger partial charge is 0.389 e. The summed E-state index contributed by atoms with van der Waals surface area (Å²) in [6, 6.07) is 13.8. The summed E-state index contributed by atoms with van der Waals surface area (Å²) in [6.07, 6.45) is 0. The fourth-order valence-corrected chi connectivity index (χ4v) is 2.88. The molecule has 0 aliphatic heterocycles. The molecule has 3 N–H and O–H groups in total. The Bertz CT molecular complexity index is 631. The first-order valence-corrected chi connectivity index (χ1v) is 7.25. The second-order valence-electron chi connectivity index (χ2n) is 4.24. The third-order valence-corrected chi connectivity index (χ3v) is 3.71. The summed E-state index contributed by atoms with van der Waals surface area (Å²) >= 11 is 8.60. The molecule has 104 valence electrons. The van der Waals surface area contributed by atoms with Gasteiger partial charge in [-0.1, -0.05) is 36.5 Å². The van der Waals surface area contributed by atoms with Crippen LogP contribution in [0, 0.1) is 0 Å². The number of hydrogen-bond donors (Lipinski definition) is 2. The average molecular weight is 351 g/mol. The number of benzene rings is 2. The first kappa shape index (κ1) is 15.0. The predicted octanol–water partition coefficient (Wildman–Crippen LogP) is 3.97. The summed E-state index contributed by atoms with van der Waals surface area (Å²) in [5.74, 6) is 0. The quantitative estimate of drug-likeness (QED) is 0.800. The molecule has 2 aromatic carbocycles. The van der Waals surface area contributed by atoms with Crippen molar-refractivity contribution in [3.05, 3.63) is 58.1 Å². The normalized spacial score (nSPS) is 10.3. The number of nitrogens with one attached hydrogen (secondary N) is 1. The van der Waals surface area contributed by atoms with Gasteiger partial charge in [-0.2, -0.15) is 0 Å². The molecule has 0 heterocycles. The van der Waals surface area contributed by atoms with Gasteiger partial charge in [-0.3, -0.25) is 0 Å². The molecule has 0 aliphatic carbocycles. The molecule has 3 nitrogen and oxygen atoms in total. The maximum Gasteiger partial charge on any atom is 0.107 e. The minimum absolute atomic E-state index is 0.351. The smallest absolute Gasteiger partial charge is 0.107 e. The first-order chi connectivity index (χ1) is 9.63. The Morgan fingerprint density at radius 3 is 2.60 bits per heavy atom. The van der Waals surface area contributed by atoms with Crippen LogP contribution in [0.15, 0.2) is 46.9 Å². The van der Waals surface area contributed by atoms with E-state index in [1.807, 2.05) is 42.5 Å². The van der Waals surface area contributed by atoms with Gasteiger partial charge >= 0.3 is 0 Å². The Labute approximate surface area is 132 Å². The molecule has 0 spiro atoms. The number of methoxy groups -OCH3 is 1. The fourth-order valence-electron chi connectivity index (χ4n) is 1.95. The van der Waals surface area contributed by atoms with Crippen LogP contribution in [0.25, 0.3) is 0 Å². The molecule has 2 rings (SSSR count).